The number of rotatable bonds is 7. The van der Waals surface area contributed by atoms with E-state index in [0.717, 1.165) is 16.9 Å². The number of hydrogen-bond acceptors (Lipinski definition) is 5. The molecule has 3 heterocycles. The minimum absolute atomic E-state index is 0.153. The lowest BCUT2D eigenvalue weighted by Crippen LogP contribution is -2.60. The molecule has 0 unspecified atom stereocenters. The highest BCUT2D eigenvalue weighted by Gasteiger charge is 2.41. The van der Waals surface area contributed by atoms with Crippen molar-refractivity contribution >= 4 is 27.1 Å². The van der Waals surface area contributed by atoms with Gasteiger partial charge in [0.05, 0.1) is 5.39 Å². The van der Waals surface area contributed by atoms with Gasteiger partial charge in [0.25, 0.3) is 10.2 Å². The zero-order chi connectivity index (χ0) is 19.2. The summed E-state index contributed by atoms with van der Waals surface area (Å²) < 4.78 is 53.2. The largest absolute Gasteiger partial charge is 0.356 e. The van der Waals surface area contributed by atoms with Crippen LogP contribution in [0.25, 0.3) is 11.0 Å². The average Bonchev–Trinajstić information content (AvgIpc) is 3.01. The van der Waals surface area contributed by atoms with Gasteiger partial charge in [-0.15, -0.1) is 0 Å². The third kappa shape index (κ3) is 3.63. The van der Waals surface area contributed by atoms with E-state index >= 15 is 0 Å². The van der Waals surface area contributed by atoms with Crippen LogP contribution in [0.5, 0.6) is 0 Å². The number of anilines is 1. The molecular weight excluding hydrogens is 378 g/mol. The third-order valence-electron chi connectivity index (χ3n) is 5.42. The second-order valence-electron chi connectivity index (χ2n) is 7.30. The molecule has 148 valence electrons. The smallest absolute Gasteiger partial charge is 0.279 e. The van der Waals surface area contributed by atoms with Crippen LogP contribution in [0.15, 0.2) is 18.6 Å². The van der Waals surface area contributed by atoms with E-state index in [9.17, 15) is 17.2 Å². The maximum Gasteiger partial charge on any atom is 0.279 e. The molecule has 1 aliphatic carbocycles. The topological polar surface area (TPSA) is 94.2 Å². The van der Waals surface area contributed by atoms with Gasteiger partial charge < -0.3 is 9.88 Å². The number of fused-ring (bicyclic) bond motifs is 1. The number of alkyl halides is 2. The normalized spacial score (nSPS) is 24.1. The van der Waals surface area contributed by atoms with Crippen molar-refractivity contribution in [3.8, 4) is 0 Å². The molecule has 4 rings (SSSR count). The number of aromatic amines is 1. The molecule has 0 amide bonds. The van der Waals surface area contributed by atoms with Crippen molar-refractivity contribution in [3.63, 3.8) is 0 Å². The monoisotopic (exact) mass is 400 g/mol. The Bertz CT molecular complexity index is 909. The molecule has 0 spiro atoms. The Balaban J connectivity index is 1.30. The first-order chi connectivity index (χ1) is 12.8. The molecule has 11 heteroatoms. The van der Waals surface area contributed by atoms with Gasteiger partial charge in [0.15, 0.2) is 0 Å². The molecule has 0 aromatic carbocycles. The van der Waals surface area contributed by atoms with Crippen LogP contribution in [-0.2, 0) is 10.2 Å². The van der Waals surface area contributed by atoms with Crippen molar-refractivity contribution in [2.75, 3.05) is 25.0 Å². The molecule has 2 aromatic rings. The van der Waals surface area contributed by atoms with Crippen molar-refractivity contribution in [2.45, 2.75) is 37.8 Å². The lowest BCUT2D eigenvalue weighted by molar-refractivity contribution is 0.0728. The van der Waals surface area contributed by atoms with Crippen molar-refractivity contribution in [1.82, 2.24) is 24.0 Å². The molecule has 2 N–H and O–H groups in total. The first kappa shape index (κ1) is 18.5. The van der Waals surface area contributed by atoms with Gasteiger partial charge in [0.1, 0.15) is 17.8 Å². The SMILES string of the molecule is CN(c1ncnc2[nH]ccc12)C1CC(NS(=O)(=O)N2CC(CC(F)F)C2)C1. The molecule has 0 radical (unpaired) electrons. The van der Waals surface area contributed by atoms with Gasteiger partial charge in [0, 0.05) is 44.8 Å². The van der Waals surface area contributed by atoms with Crippen LogP contribution in [0.1, 0.15) is 19.3 Å². The number of nitrogens with one attached hydrogen (secondary N) is 2. The molecule has 1 saturated carbocycles. The van der Waals surface area contributed by atoms with E-state index in [2.05, 4.69) is 19.7 Å². The lowest BCUT2D eigenvalue weighted by atomic mass is 9.86. The van der Waals surface area contributed by atoms with Crippen LogP contribution in [0.3, 0.4) is 0 Å². The molecule has 2 fully saturated rings. The van der Waals surface area contributed by atoms with E-state index in [1.54, 1.807) is 0 Å². The predicted octanol–water partition coefficient (Wildman–Crippen LogP) is 1.35. The summed E-state index contributed by atoms with van der Waals surface area (Å²) in [5.41, 5.74) is 0.763. The van der Waals surface area contributed by atoms with Gasteiger partial charge in [-0.1, -0.05) is 0 Å². The summed E-state index contributed by atoms with van der Waals surface area (Å²) in [6.45, 7) is 0.338. The number of nitrogens with zero attached hydrogens (tertiary/aromatic N) is 4. The summed E-state index contributed by atoms with van der Waals surface area (Å²) in [5.74, 6) is 0.563. The summed E-state index contributed by atoms with van der Waals surface area (Å²) in [5, 5.41) is 0.926. The van der Waals surface area contributed by atoms with Crippen LogP contribution in [0.2, 0.25) is 0 Å². The fourth-order valence-corrected chi connectivity index (χ4v) is 5.29. The molecule has 2 aliphatic rings. The Morgan fingerprint density at radius 1 is 1.37 bits per heavy atom. The van der Waals surface area contributed by atoms with Crippen molar-refractivity contribution in [3.05, 3.63) is 18.6 Å². The summed E-state index contributed by atoms with van der Waals surface area (Å²) in [6.07, 6.45) is 2.02. The maximum atomic E-state index is 12.3. The standard InChI is InChI=1S/C16H22F2N6O2S/c1-23(16-13-2-3-19-15(13)20-9-21-16)12-5-11(6-12)22-27(25,26)24-7-10(8-24)4-14(17)18/h2-3,9-12,14,22H,4-8H2,1H3,(H,19,20,21). The number of aromatic nitrogens is 3. The van der Waals surface area contributed by atoms with Crippen LogP contribution in [0, 0.1) is 5.92 Å². The summed E-state index contributed by atoms with van der Waals surface area (Å²) >= 11 is 0. The van der Waals surface area contributed by atoms with Gasteiger partial charge in [0.2, 0.25) is 6.43 Å². The van der Waals surface area contributed by atoms with Crippen LogP contribution in [-0.4, -0.2) is 66.3 Å². The minimum atomic E-state index is -3.60. The Hall–Kier alpha value is -1.85. The highest BCUT2D eigenvalue weighted by Crippen LogP contribution is 2.32. The quantitative estimate of drug-likeness (QED) is 0.732. The molecule has 2 aromatic heterocycles. The number of halogens is 2. The second-order valence-corrected chi connectivity index (χ2v) is 9.01. The molecule has 1 saturated heterocycles. The minimum Gasteiger partial charge on any atom is -0.356 e. The number of hydrogen-bond donors (Lipinski definition) is 2. The first-order valence-corrected chi connectivity index (χ1v) is 10.3. The van der Waals surface area contributed by atoms with Crippen molar-refractivity contribution in [2.24, 2.45) is 5.92 Å². The maximum absolute atomic E-state index is 12.3. The van der Waals surface area contributed by atoms with Gasteiger partial charge in [-0.2, -0.15) is 17.4 Å². The first-order valence-electron chi connectivity index (χ1n) is 8.90. The van der Waals surface area contributed by atoms with Crippen molar-refractivity contribution < 1.29 is 17.2 Å². The van der Waals surface area contributed by atoms with E-state index in [1.165, 1.54) is 10.6 Å². The van der Waals surface area contributed by atoms with Gasteiger partial charge in [-0.3, -0.25) is 0 Å². The van der Waals surface area contributed by atoms with Crippen LogP contribution in [0.4, 0.5) is 14.6 Å². The summed E-state index contributed by atoms with van der Waals surface area (Å²) in [4.78, 5) is 13.6. The third-order valence-corrected chi connectivity index (χ3v) is 7.03. The molecule has 27 heavy (non-hydrogen) atoms. The van der Waals surface area contributed by atoms with E-state index in [0.29, 0.717) is 12.8 Å². The number of H-pyrrole nitrogens is 1. The Labute approximate surface area is 156 Å². The fourth-order valence-electron chi connectivity index (χ4n) is 3.72. The Morgan fingerprint density at radius 3 is 2.81 bits per heavy atom. The summed E-state index contributed by atoms with van der Waals surface area (Å²) in [7, 11) is -1.66. The highest BCUT2D eigenvalue weighted by atomic mass is 32.2. The van der Waals surface area contributed by atoms with Crippen molar-refractivity contribution in [1.29, 1.82) is 0 Å². The predicted molar refractivity (Wildman–Crippen MR) is 96.8 cm³/mol. The second kappa shape index (κ2) is 6.95. The van der Waals surface area contributed by atoms with E-state index in [-0.39, 0.29) is 37.5 Å². The highest BCUT2D eigenvalue weighted by molar-refractivity contribution is 7.87. The molecule has 0 bridgehead atoms. The Kier molecular flexibility index (Phi) is 4.77. The van der Waals surface area contributed by atoms with E-state index in [4.69, 9.17) is 0 Å². The molecular formula is C16H22F2N6O2S. The average molecular weight is 400 g/mol. The van der Waals surface area contributed by atoms with Gasteiger partial charge >= 0.3 is 0 Å². The molecule has 8 nitrogen and oxygen atoms in total. The lowest BCUT2D eigenvalue weighted by Gasteiger charge is -2.44. The zero-order valence-corrected chi connectivity index (χ0v) is 15.7. The fraction of sp³-hybridized carbons (Fsp3) is 0.625. The van der Waals surface area contributed by atoms with Crippen LogP contribution < -0.4 is 9.62 Å². The van der Waals surface area contributed by atoms with E-state index in [1.807, 2.05) is 24.2 Å². The van der Waals surface area contributed by atoms with Gasteiger partial charge in [-0.05, 0) is 24.8 Å². The Morgan fingerprint density at radius 2 is 2.11 bits per heavy atom. The van der Waals surface area contributed by atoms with E-state index < -0.39 is 16.6 Å². The molecule has 1 aliphatic heterocycles. The van der Waals surface area contributed by atoms with Crippen LogP contribution >= 0.6 is 0 Å². The summed E-state index contributed by atoms with van der Waals surface area (Å²) in [6, 6.07) is 1.94. The zero-order valence-electron chi connectivity index (χ0n) is 14.8. The molecule has 0 atom stereocenters. The van der Waals surface area contributed by atoms with Gasteiger partial charge in [-0.25, -0.2) is 18.7 Å².